The standard InChI is InChI=1S/C13H16N2O2/c1-4-17-10-6-5-9-7-12(13(16)15(2)3)14-11(9)8-10/h5-8,14H,4H2,1-3H3. The van der Waals surface area contributed by atoms with Gasteiger partial charge in [0.1, 0.15) is 11.4 Å². The van der Waals surface area contributed by atoms with Gasteiger partial charge in [0.05, 0.1) is 6.61 Å². The predicted octanol–water partition coefficient (Wildman–Crippen LogP) is 2.27. The summed E-state index contributed by atoms with van der Waals surface area (Å²) in [6.07, 6.45) is 0. The lowest BCUT2D eigenvalue weighted by Crippen LogP contribution is -2.21. The number of rotatable bonds is 3. The maximum Gasteiger partial charge on any atom is 0.269 e. The monoisotopic (exact) mass is 232 g/mol. The Morgan fingerprint density at radius 1 is 1.35 bits per heavy atom. The number of fused-ring (bicyclic) bond motifs is 1. The molecule has 17 heavy (non-hydrogen) atoms. The first kappa shape index (κ1) is 11.5. The van der Waals surface area contributed by atoms with Gasteiger partial charge >= 0.3 is 0 Å². The molecule has 90 valence electrons. The number of hydrogen-bond donors (Lipinski definition) is 1. The average molecular weight is 232 g/mol. The fourth-order valence-corrected chi connectivity index (χ4v) is 1.72. The van der Waals surface area contributed by atoms with Crippen molar-refractivity contribution in [1.29, 1.82) is 0 Å². The number of ether oxygens (including phenoxy) is 1. The summed E-state index contributed by atoms with van der Waals surface area (Å²) < 4.78 is 5.42. The van der Waals surface area contributed by atoms with Gasteiger partial charge in [0.2, 0.25) is 0 Å². The van der Waals surface area contributed by atoms with Crippen LogP contribution in [0.25, 0.3) is 10.9 Å². The van der Waals surface area contributed by atoms with E-state index in [2.05, 4.69) is 4.98 Å². The molecule has 1 aromatic carbocycles. The third-order valence-electron chi connectivity index (χ3n) is 2.54. The van der Waals surface area contributed by atoms with E-state index in [-0.39, 0.29) is 5.91 Å². The highest BCUT2D eigenvalue weighted by Crippen LogP contribution is 2.21. The lowest BCUT2D eigenvalue weighted by molar-refractivity contribution is 0.0823. The lowest BCUT2D eigenvalue weighted by Gasteiger charge is -2.07. The summed E-state index contributed by atoms with van der Waals surface area (Å²) in [6.45, 7) is 2.58. The number of hydrogen-bond acceptors (Lipinski definition) is 2. The number of aromatic nitrogens is 1. The smallest absolute Gasteiger partial charge is 0.269 e. The van der Waals surface area contributed by atoms with Gasteiger partial charge in [-0.15, -0.1) is 0 Å². The maximum atomic E-state index is 11.8. The van der Waals surface area contributed by atoms with Crippen LogP contribution in [0.2, 0.25) is 0 Å². The van der Waals surface area contributed by atoms with Gasteiger partial charge in [-0.05, 0) is 25.1 Å². The van der Waals surface area contributed by atoms with Gasteiger partial charge in [-0.3, -0.25) is 4.79 Å². The van der Waals surface area contributed by atoms with Crippen molar-refractivity contribution in [3.8, 4) is 5.75 Å². The van der Waals surface area contributed by atoms with Crippen molar-refractivity contribution in [2.24, 2.45) is 0 Å². The fraction of sp³-hybridized carbons (Fsp3) is 0.308. The van der Waals surface area contributed by atoms with Crippen molar-refractivity contribution in [1.82, 2.24) is 9.88 Å². The summed E-state index contributed by atoms with van der Waals surface area (Å²) in [5.41, 5.74) is 1.51. The Labute approximate surface area is 100 Å². The molecule has 0 unspecified atom stereocenters. The van der Waals surface area contributed by atoms with Gasteiger partial charge in [0, 0.05) is 31.1 Å². The van der Waals surface area contributed by atoms with E-state index < -0.39 is 0 Å². The normalized spacial score (nSPS) is 10.5. The molecule has 1 aromatic heterocycles. The van der Waals surface area contributed by atoms with Crippen LogP contribution in [0.15, 0.2) is 24.3 Å². The van der Waals surface area contributed by atoms with Crippen LogP contribution in [-0.4, -0.2) is 36.5 Å². The maximum absolute atomic E-state index is 11.8. The molecule has 0 radical (unpaired) electrons. The molecule has 0 aliphatic heterocycles. The van der Waals surface area contributed by atoms with Crippen LogP contribution < -0.4 is 4.74 Å². The van der Waals surface area contributed by atoms with E-state index in [9.17, 15) is 4.79 Å². The first-order valence-electron chi connectivity index (χ1n) is 5.59. The highest BCUT2D eigenvalue weighted by atomic mass is 16.5. The Kier molecular flexibility index (Phi) is 3.04. The number of nitrogens with one attached hydrogen (secondary N) is 1. The minimum absolute atomic E-state index is 0.0286. The van der Waals surface area contributed by atoms with Crippen LogP contribution in [0.5, 0.6) is 5.75 Å². The first-order valence-corrected chi connectivity index (χ1v) is 5.59. The Hall–Kier alpha value is -1.97. The van der Waals surface area contributed by atoms with Gasteiger partial charge in [0.25, 0.3) is 5.91 Å². The Bertz CT molecular complexity index is 543. The first-order chi connectivity index (χ1) is 8.11. The molecule has 0 fully saturated rings. The number of benzene rings is 1. The lowest BCUT2D eigenvalue weighted by atomic mass is 10.2. The van der Waals surface area contributed by atoms with Crippen molar-refractivity contribution in [2.75, 3.05) is 20.7 Å². The van der Waals surface area contributed by atoms with E-state index in [1.165, 1.54) is 0 Å². The SMILES string of the molecule is CCOc1ccc2cc(C(=O)N(C)C)[nH]c2c1. The van der Waals surface area contributed by atoms with Crippen molar-refractivity contribution in [3.05, 3.63) is 30.0 Å². The van der Waals surface area contributed by atoms with E-state index in [1.807, 2.05) is 31.2 Å². The topological polar surface area (TPSA) is 45.3 Å². The number of H-pyrrole nitrogens is 1. The molecule has 4 heteroatoms. The summed E-state index contributed by atoms with van der Waals surface area (Å²) in [7, 11) is 3.47. The molecule has 2 rings (SSSR count). The van der Waals surface area contributed by atoms with Crippen molar-refractivity contribution < 1.29 is 9.53 Å². The fourth-order valence-electron chi connectivity index (χ4n) is 1.72. The molecule has 1 amide bonds. The van der Waals surface area contributed by atoms with E-state index in [0.717, 1.165) is 16.7 Å². The molecule has 2 aromatic rings. The molecular formula is C13H16N2O2. The summed E-state index contributed by atoms with van der Waals surface area (Å²) in [5, 5.41) is 1.01. The predicted molar refractivity (Wildman–Crippen MR) is 67.5 cm³/mol. The van der Waals surface area contributed by atoms with Crippen molar-refractivity contribution in [3.63, 3.8) is 0 Å². The van der Waals surface area contributed by atoms with Gasteiger partial charge in [0.15, 0.2) is 0 Å². The van der Waals surface area contributed by atoms with Crippen LogP contribution in [0.1, 0.15) is 17.4 Å². The van der Waals surface area contributed by atoms with Crippen LogP contribution >= 0.6 is 0 Å². The second-order valence-corrected chi connectivity index (χ2v) is 4.06. The number of nitrogens with zero attached hydrogens (tertiary/aromatic N) is 1. The zero-order valence-corrected chi connectivity index (χ0v) is 10.3. The van der Waals surface area contributed by atoms with E-state index in [0.29, 0.717) is 12.3 Å². The van der Waals surface area contributed by atoms with Gasteiger partial charge < -0.3 is 14.6 Å². The number of aromatic amines is 1. The molecule has 0 bridgehead atoms. The summed E-state index contributed by atoms with van der Waals surface area (Å²) in [4.78, 5) is 16.4. The molecule has 0 aliphatic rings. The molecule has 0 saturated heterocycles. The average Bonchev–Trinajstić information content (AvgIpc) is 2.71. The molecule has 1 N–H and O–H groups in total. The highest BCUT2D eigenvalue weighted by Gasteiger charge is 2.11. The molecule has 0 atom stereocenters. The minimum atomic E-state index is -0.0286. The van der Waals surface area contributed by atoms with E-state index in [1.54, 1.807) is 19.0 Å². The van der Waals surface area contributed by atoms with Crippen LogP contribution in [-0.2, 0) is 0 Å². The molecule has 0 aliphatic carbocycles. The Morgan fingerprint density at radius 2 is 2.12 bits per heavy atom. The van der Waals surface area contributed by atoms with Gasteiger partial charge in [-0.2, -0.15) is 0 Å². The number of carbonyl (C=O) groups excluding carboxylic acids is 1. The number of amides is 1. The van der Waals surface area contributed by atoms with Crippen molar-refractivity contribution >= 4 is 16.8 Å². The third-order valence-corrected chi connectivity index (χ3v) is 2.54. The highest BCUT2D eigenvalue weighted by molar-refractivity contribution is 5.98. The molecule has 4 nitrogen and oxygen atoms in total. The van der Waals surface area contributed by atoms with Gasteiger partial charge in [-0.25, -0.2) is 0 Å². The number of carbonyl (C=O) groups is 1. The zero-order chi connectivity index (χ0) is 12.4. The van der Waals surface area contributed by atoms with Crippen LogP contribution in [0.3, 0.4) is 0 Å². The second-order valence-electron chi connectivity index (χ2n) is 4.06. The minimum Gasteiger partial charge on any atom is -0.494 e. The summed E-state index contributed by atoms with van der Waals surface area (Å²) in [6, 6.07) is 7.62. The molecular weight excluding hydrogens is 216 g/mol. The molecule has 1 heterocycles. The summed E-state index contributed by atoms with van der Waals surface area (Å²) in [5.74, 6) is 0.782. The third kappa shape index (κ3) is 2.25. The Morgan fingerprint density at radius 3 is 2.76 bits per heavy atom. The zero-order valence-electron chi connectivity index (χ0n) is 10.3. The Balaban J connectivity index is 2.40. The van der Waals surface area contributed by atoms with Crippen molar-refractivity contribution in [2.45, 2.75) is 6.92 Å². The van der Waals surface area contributed by atoms with E-state index in [4.69, 9.17) is 4.74 Å². The molecule has 0 spiro atoms. The largest absolute Gasteiger partial charge is 0.494 e. The quantitative estimate of drug-likeness (QED) is 0.882. The summed E-state index contributed by atoms with van der Waals surface area (Å²) >= 11 is 0. The van der Waals surface area contributed by atoms with Crippen LogP contribution in [0.4, 0.5) is 0 Å². The van der Waals surface area contributed by atoms with E-state index >= 15 is 0 Å². The van der Waals surface area contributed by atoms with Crippen LogP contribution in [0, 0.1) is 0 Å². The second kappa shape index (κ2) is 4.49. The molecule has 0 saturated carbocycles. The van der Waals surface area contributed by atoms with Gasteiger partial charge in [-0.1, -0.05) is 0 Å².